The molecule has 35 heavy (non-hydrogen) atoms. The second-order valence-corrected chi connectivity index (χ2v) is 12.0. The molecule has 0 amide bonds. The van der Waals surface area contributed by atoms with Crippen molar-refractivity contribution in [3.05, 3.63) is 47.3 Å². The zero-order valence-electron chi connectivity index (χ0n) is 19.3. The molecule has 0 spiro atoms. The third-order valence-corrected chi connectivity index (χ3v) is 9.72. The van der Waals surface area contributed by atoms with E-state index in [-0.39, 0.29) is 41.6 Å². The number of sulfonamides is 1. The number of benzene rings is 1. The van der Waals surface area contributed by atoms with Crippen molar-refractivity contribution in [2.45, 2.75) is 47.9 Å². The number of hydrogen-bond donors (Lipinski definition) is 1. The summed E-state index contributed by atoms with van der Waals surface area (Å²) < 4.78 is 79.1. The molecule has 1 N–H and O–H groups in total. The van der Waals surface area contributed by atoms with E-state index in [0.717, 1.165) is 31.1 Å². The van der Waals surface area contributed by atoms with Gasteiger partial charge < -0.3 is 19.5 Å². The van der Waals surface area contributed by atoms with Crippen molar-refractivity contribution < 1.29 is 36.2 Å². The summed E-state index contributed by atoms with van der Waals surface area (Å²) in [6, 6.07) is 8.45. The summed E-state index contributed by atoms with van der Waals surface area (Å²) >= 11 is 1.16. The Morgan fingerprint density at radius 1 is 1.17 bits per heavy atom. The third kappa shape index (κ3) is 5.67. The third-order valence-electron chi connectivity index (χ3n) is 6.49. The van der Waals surface area contributed by atoms with Crippen LogP contribution in [-0.2, 0) is 25.1 Å². The van der Waals surface area contributed by atoms with E-state index in [2.05, 4.69) is 0 Å². The van der Waals surface area contributed by atoms with Gasteiger partial charge in [0.1, 0.15) is 4.21 Å². The van der Waals surface area contributed by atoms with Gasteiger partial charge in [-0.2, -0.15) is 17.5 Å². The van der Waals surface area contributed by atoms with E-state index >= 15 is 0 Å². The van der Waals surface area contributed by atoms with Crippen LogP contribution in [0, 0.1) is 0 Å². The lowest BCUT2D eigenvalue weighted by atomic mass is 9.95. The van der Waals surface area contributed by atoms with E-state index in [9.17, 15) is 26.7 Å². The topological polar surface area (TPSA) is 79.3 Å². The molecule has 2 aliphatic heterocycles. The molecule has 2 fully saturated rings. The molecule has 1 aromatic carbocycles. The fourth-order valence-electron chi connectivity index (χ4n) is 4.32. The van der Waals surface area contributed by atoms with Gasteiger partial charge in [0, 0.05) is 31.9 Å². The summed E-state index contributed by atoms with van der Waals surface area (Å²) in [6.07, 6.45) is -2.91. The lowest BCUT2D eigenvalue weighted by molar-refractivity contribution is -0.258. The van der Waals surface area contributed by atoms with Crippen LogP contribution < -0.4 is 4.90 Å². The first-order valence-electron chi connectivity index (χ1n) is 11.4. The Bertz CT molecular complexity index is 1070. The lowest BCUT2D eigenvalue weighted by Gasteiger charge is -2.42. The van der Waals surface area contributed by atoms with Crippen LogP contribution in [0.25, 0.3) is 0 Å². The van der Waals surface area contributed by atoms with E-state index in [0.29, 0.717) is 25.4 Å². The summed E-state index contributed by atoms with van der Waals surface area (Å²) in [5.41, 5.74) is -2.60. The van der Waals surface area contributed by atoms with Crippen LogP contribution in [0.2, 0.25) is 0 Å². The monoisotopic (exact) mass is 534 g/mol. The van der Waals surface area contributed by atoms with Crippen molar-refractivity contribution in [2.24, 2.45) is 0 Å². The Hall–Kier alpha value is -1.70. The van der Waals surface area contributed by atoms with Crippen LogP contribution in [0.5, 0.6) is 0 Å². The summed E-state index contributed by atoms with van der Waals surface area (Å²) in [4.78, 5) is 1.95. The van der Waals surface area contributed by atoms with Crippen molar-refractivity contribution in [1.29, 1.82) is 0 Å². The van der Waals surface area contributed by atoms with Gasteiger partial charge in [-0.1, -0.05) is 18.2 Å². The number of ether oxygens (including phenoxy) is 2. The van der Waals surface area contributed by atoms with Crippen molar-refractivity contribution in [2.75, 3.05) is 44.4 Å². The normalized spacial score (nSPS) is 24.0. The maximum atomic E-state index is 13.2. The van der Waals surface area contributed by atoms with Crippen molar-refractivity contribution in [3.8, 4) is 0 Å². The van der Waals surface area contributed by atoms with Gasteiger partial charge in [-0.05, 0) is 48.9 Å². The second-order valence-electron chi connectivity index (χ2n) is 8.93. The number of thiophene rings is 1. The van der Waals surface area contributed by atoms with E-state index in [1.54, 1.807) is 17.5 Å². The molecular formula is C23H29F3N2O5S2. The molecule has 12 heteroatoms. The molecule has 0 bridgehead atoms. The van der Waals surface area contributed by atoms with Crippen LogP contribution >= 0.6 is 11.3 Å². The highest BCUT2D eigenvalue weighted by molar-refractivity contribution is 7.91. The molecule has 1 aromatic heterocycles. The fourth-order valence-corrected chi connectivity index (χ4v) is 6.93. The number of anilines is 1. The molecule has 0 saturated carbocycles. The number of hydrogen-bond acceptors (Lipinski definition) is 7. The zero-order chi connectivity index (χ0) is 25.3. The summed E-state index contributed by atoms with van der Waals surface area (Å²) in [5, 5.41) is 11.7. The lowest BCUT2D eigenvalue weighted by Crippen LogP contribution is -2.56. The first-order valence-corrected chi connectivity index (χ1v) is 13.7. The Labute approximate surface area is 207 Å². The average molecular weight is 535 g/mol. The molecule has 2 aliphatic rings. The van der Waals surface area contributed by atoms with Gasteiger partial charge in [0.15, 0.2) is 5.60 Å². The van der Waals surface area contributed by atoms with Crippen molar-refractivity contribution >= 4 is 27.0 Å². The minimum absolute atomic E-state index is 0.0156. The van der Waals surface area contributed by atoms with Gasteiger partial charge in [0.05, 0.1) is 25.4 Å². The molecule has 3 heterocycles. The Kier molecular flexibility index (Phi) is 7.79. The molecular weight excluding hydrogens is 505 g/mol. The highest BCUT2D eigenvalue weighted by Crippen LogP contribution is 2.39. The Morgan fingerprint density at radius 2 is 1.91 bits per heavy atom. The number of alkyl halides is 3. The molecule has 7 nitrogen and oxygen atoms in total. The van der Waals surface area contributed by atoms with E-state index in [4.69, 9.17) is 9.47 Å². The van der Waals surface area contributed by atoms with Gasteiger partial charge in [-0.25, -0.2) is 8.42 Å². The minimum Gasteiger partial charge on any atom is -0.377 e. The maximum Gasteiger partial charge on any atom is 0.421 e. The average Bonchev–Trinajstić information content (AvgIpc) is 3.53. The van der Waals surface area contributed by atoms with Gasteiger partial charge in [-0.15, -0.1) is 11.3 Å². The molecule has 0 radical (unpaired) electrons. The summed E-state index contributed by atoms with van der Waals surface area (Å²) in [7, 11) is -3.65. The molecule has 194 valence electrons. The fraction of sp³-hybridized carbons (Fsp3) is 0.565. The standard InChI is InChI=1S/C23H29F3N2O5S2/c1-22(29,23(24,25)26)17-6-8-18(9-7-17)28-11-10-27(35(30,31)21-5-3-13-34-21)14-19(28)15-32-16-20-4-2-12-33-20/h3,5-9,13,19-20,29H,2,4,10-12,14-16H2,1H3/t19-,20+,22-/m1/s1. The molecule has 0 aliphatic carbocycles. The van der Waals surface area contributed by atoms with Crippen molar-refractivity contribution in [3.63, 3.8) is 0 Å². The summed E-state index contributed by atoms with van der Waals surface area (Å²) in [5.74, 6) is 0. The smallest absolute Gasteiger partial charge is 0.377 e. The van der Waals surface area contributed by atoms with Crippen molar-refractivity contribution in [1.82, 2.24) is 4.31 Å². The first-order chi connectivity index (χ1) is 16.5. The molecule has 4 rings (SSSR count). The predicted molar refractivity (Wildman–Crippen MR) is 126 cm³/mol. The summed E-state index contributed by atoms with van der Waals surface area (Å²) in [6.45, 7) is 2.79. The van der Waals surface area contributed by atoms with E-state index < -0.39 is 21.8 Å². The number of nitrogens with zero attached hydrogens (tertiary/aromatic N) is 2. The van der Waals surface area contributed by atoms with E-state index in [1.165, 1.54) is 28.6 Å². The van der Waals surface area contributed by atoms with E-state index in [1.807, 2.05) is 4.90 Å². The van der Waals surface area contributed by atoms with Crippen LogP contribution in [0.3, 0.4) is 0 Å². The van der Waals surface area contributed by atoms with Gasteiger partial charge in [0.2, 0.25) is 0 Å². The number of aliphatic hydroxyl groups is 1. The number of rotatable bonds is 8. The minimum atomic E-state index is -4.81. The maximum absolute atomic E-state index is 13.2. The number of halogens is 3. The molecule has 2 saturated heterocycles. The van der Waals surface area contributed by atoms with Gasteiger partial charge in [-0.3, -0.25) is 0 Å². The van der Waals surface area contributed by atoms with Gasteiger partial charge >= 0.3 is 6.18 Å². The van der Waals surface area contributed by atoms with Crippen LogP contribution in [0.1, 0.15) is 25.3 Å². The largest absolute Gasteiger partial charge is 0.421 e. The molecule has 3 atom stereocenters. The number of piperazine rings is 1. The zero-order valence-corrected chi connectivity index (χ0v) is 20.9. The van der Waals surface area contributed by atoms with Crippen LogP contribution in [-0.4, -0.2) is 75.6 Å². The Balaban J connectivity index is 1.52. The quantitative estimate of drug-likeness (QED) is 0.558. The predicted octanol–water partition coefficient (Wildman–Crippen LogP) is 3.59. The SMILES string of the molecule is C[C@@](O)(c1ccc(N2CCN(S(=O)(=O)c3cccs3)C[C@@H]2COC[C@@H]2CCCO2)cc1)C(F)(F)F. The van der Waals surface area contributed by atoms with Gasteiger partial charge in [0.25, 0.3) is 10.0 Å². The van der Waals surface area contributed by atoms with Crippen LogP contribution in [0.4, 0.5) is 18.9 Å². The Morgan fingerprint density at radius 3 is 2.51 bits per heavy atom. The highest BCUT2D eigenvalue weighted by Gasteiger charge is 2.51. The first kappa shape index (κ1) is 26.4. The molecule has 2 aromatic rings. The highest BCUT2D eigenvalue weighted by atomic mass is 32.2. The van der Waals surface area contributed by atoms with Crippen LogP contribution in [0.15, 0.2) is 46.0 Å². The molecule has 0 unspecified atom stereocenters. The second kappa shape index (κ2) is 10.3.